The van der Waals surface area contributed by atoms with E-state index in [1.807, 2.05) is 48.5 Å². The summed E-state index contributed by atoms with van der Waals surface area (Å²) in [5, 5.41) is 0. The molecule has 0 fully saturated rings. The molecule has 0 atom stereocenters. The number of hydrogen-bond donors (Lipinski definition) is 0. The van der Waals surface area contributed by atoms with Gasteiger partial charge in [0, 0.05) is 22.3 Å². The van der Waals surface area contributed by atoms with Crippen LogP contribution in [0.1, 0.15) is 151 Å². The molecule has 0 unspecified atom stereocenters. The number of benzene rings is 4. The maximum atomic E-state index is 11.9. The summed E-state index contributed by atoms with van der Waals surface area (Å²) in [4.78, 5) is 0. The molecule has 2 nitrogen and oxygen atoms in total. The number of nitrogens with zero attached hydrogens (tertiary/aromatic N) is 2. The van der Waals surface area contributed by atoms with Gasteiger partial charge in [0.2, 0.25) is 11.4 Å². The van der Waals surface area contributed by atoms with Crippen LogP contribution in [0.5, 0.6) is 0 Å². The van der Waals surface area contributed by atoms with Gasteiger partial charge in [0.15, 0.2) is 0 Å². The van der Waals surface area contributed by atoms with Crippen molar-refractivity contribution in [1.29, 1.82) is 0 Å². The minimum atomic E-state index is 0. The molecule has 5 rings (SSSR count). The van der Waals surface area contributed by atoms with Gasteiger partial charge in [-0.2, -0.15) is 71.8 Å². The first-order chi connectivity index (χ1) is 25.4. The quantitative estimate of drug-likeness (QED) is 0.0415. The van der Waals surface area contributed by atoms with E-state index >= 15 is 0 Å². The second-order valence-electron chi connectivity index (χ2n) is 14.4. The van der Waals surface area contributed by atoms with Crippen LogP contribution in [-0.2, 0) is 33.3 Å². The van der Waals surface area contributed by atoms with Gasteiger partial charge in [-0.25, -0.2) is 4.70 Å². The summed E-state index contributed by atoms with van der Waals surface area (Å²) in [5.74, 6) is 0. The maximum Gasteiger partial charge on any atom is 2.00 e. The molecule has 1 aliphatic rings. The van der Waals surface area contributed by atoms with Crippen LogP contribution in [0.2, 0.25) is 0 Å². The van der Waals surface area contributed by atoms with Crippen molar-refractivity contribution >= 4 is 11.4 Å². The fourth-order valence-corrected chi connectivity index (χ4v) is 6.69. The van der Waals surface area contributed by atoms with E-state index in [9.17, 15) is 5.53 Å². The van der Waals surface area contributed by atoms with Crippen molar-refractivity contribution in [1.82, 2.24) is 0 Å². The van der Waals surface area contributed by atoms with Gasteiger partial charge in [0.25, 0.3) is 0 Å². The van der Waals surface area contributed by atoms with Crippen LogP contribution in [0.3, 0.4) is 0 Å². The Bertz CT molecular complexity index is 1530. The third-order valence-corrected chi connectivity index (χ3v) is 9.73. The fourth-order valence-electron chi connectivity index (χ4n) is 6.69. The Balaban J connectivity index is 0.000000535. The molecule has 1 heterocycles. The number of unbranched alkanes of at least 4 members (excludes halogenated alkanes) is 8. The van der Waals surface area contributed by atoms with Crippen molar-refractivity contribution in [2.75, 3.05) is 0 Å². The first-order valence-corrected chi connectivity index (χ1v) is 20.4. The van der Waals surface area contributed by atoms with Gasteiger partial charge in [-0.05, 0) is 86.8 Å². The molecule has 4 aromatic rings. The average molecular weight is 802 g/mol. The minimum Gasteiger partial charge on any atom is -0.493 e. The van der Waals surface area contributed by atoms with E-state index in [4.69, 9.17) is 0 Å². The van der Waals surface area contributed by atoms with Gasteiger partial charge in [-0.3, -0.25) is 0 Å². The van der Waals surface area contributed by atoms with Crippen molar-refractivity contribution in [2.45, 2.75) is 144 Å². The summed E-state index contributed by atoms with van der Waals surface area (Å²) >= 11 is 0. The Labute approximate surface area is 338 Å². The summed E-state index contributed by atoms with van der Waals surface area (Å²) in [5.41, 5.74) is 24.3. The molecule has 0 bridgehead atoms. The average Bonchev–Trinajstić information content (AvgIpc) is 3.45. The molecular weight excluding hydrogens is 735 g/mol. The first-order valence-electron chi connectivity index (χ1n) is 20.4. The molecule has 1 aliphatic heterocycles. The monoisotopic (exact) mass is 800 g/mol. The van der Waals surface area contributed by atoms with Crippen LogP contribution in [0, 0.1) is 26.0 Å². The summed E-state index contributed by atoms with van der Waals surface area (Å²) in [6.45, 7) is 13.2. The molecule has 0 N–H and O–H groups in total. The predicted octanol–water partition coefficient (Wildman–Crippen LogP) is 15.1. The van der Waals surface area contributed by atoms with Gasteiger partial charge >= 0.3 is 20.4 Å². The van der Waals surface area contributed by atoms with Crippen molar-refractivity contribution in [3.05, 3.63) is 159 Å². The van der Waals surface area contributed by atoms with E-state index in [2.05, 4.69) is 102 Å². The first kappa shape index (κ1) is 45.8. The van der Waals surface area contributed by atoms with Crippen molar-refractivity contribution in [3.8, 4) is 0 Å². The molecular formula is C50H66N2Pd. The molecule has 3 heteroatoms. The molecule has 0 aliphatic carbocycles. The molecule has 4 aromatic carbocycles. The topological polar surface area (TPSA) is 25.3 Å². The smallest absolute Gasteiger partial charge is 0.493 e. The van der Waals surface area contributed by atoms with Gasteiger partial charge < -0.3 is 5.53 Å². The van der Waals surface area contributed by atoms with Crippen LogP contribution < -0.4 is 0 Å². The van der Waals surface area contributed by atoms with Gasteiger partial charge in [-0.15, -0.1) is 0 Å². The van der Waals surface area contributed by atoms with E-state index in [1.165, 1.54) is 84.8 Å². The SMILES string of the molecule is CCCCCCc1cccc(C2=C(CCCC)C(CCCC)=C(c3cccc(CCCCCC)c3)[N+]2=[N-])c1.Cc1cc[c-]cc1.Cc1cc[c-]cc1.[Pd+2]. The van der Waals surface area contributed by atoms with E-state index in [0.717, 1.165) is 73.9 Å². The van der Waals surface area contributed by atoms with Crippen molar-refractivity contribution in [3.63, 3.8) is 0 Å². The van der Waals surface area contributed by atoms with E-state index in [1.54, 1.807) is 4.70 Å². The van der Waals surface area contributed by atoms with Crippen LogP contribution in [0.25, 0.3) is 16.9 Å². The number of allylic oxidation sites excluding steroid dienone is 2. The third-order valence-electron chi connectivity index (χ3n) is 9.73. The van der Waals surface area contributed by atoms with Gasteiger partial charge in [0.1, 0.15) is 0 Å². The van der Waals surface area contributed by atoms with Crippen LogP contribution in [-0.4, -0.2) is 4.70 Å². The number of hydrogen-bond acceptors (Lipinski definition) is 0. The molecule has 0 saturated heterocycles. The minimum absolute atomic E-state index is 0. The zero-order valence-corrected chi connectivity index (χ0v) is 35.3. The second kappa shape index (κ2) is 27.2. The zero-order valence-electron chi connectivity index (χ0n) is 33.8. The predicted molar refractivity (Wildman–Crippen MR) is 225 cm³/mol. The summed E-state index contributed by atoms with van der Waals surface area (Å²) in [6, 6.07) is 39.6. The van der Waals surface area contributed by atoms with Gasteiger partial charge in [-0.1, -0.05) is 117 Å². The molecule has 0 amide bonds. The molecule has 286 valence electrons. The Morgan fingerprint density at radius 2 is 0.849 bits per heavy atom. The molecule has 0 saturated carbocycles. The second-order valence-corrected chi connectivity index (χ2v) is 14.4. The summed E-state index contributed by atoms with van der Waals surface area (Å²) in [6.07, 6.45) is 19.1. The third kappa shape index (κ3) is 16.3. The van der Waals surface area contributed by atoms with Crippen molar-refractivity contribution < 1.29 is 25.1 Å². The Hall–Kier alpha value is -3.38. The van der Waals surface area contributed by atoms with Crippen LogP contribution in [0.15, 0.2) is 108 Å². The largest absolute Gasteiger partial charge is 2.00 e. The van der Waals surface area contributed by atoms with Gasteiger partial charge in [0.05, 0.1) is 0 Å². The Morgan fingerprint density at radius 3 is 1.17 bits per heavy atom. The fraction of sp³-hybridized carbons (Fsp3) is 0.440. The zero-order chi connectivity index (χ0) is 37.4. The van der Waals surface area contributed by atoms with E-state index < -0.39 is 0 Å². The van der Waals surface area contributed by atoms with Crippen molar-refractivity contribution in [2.24, 2.45) is 0 Å². The summed E-state index contributed by atoms with van der Waals surface area (Å²) < 4.78 is 1.56. The number of rotatable bonds is 18. The molecule has 53 heavy (non-hydrogen) atoms. The molecule has 0 spiro atoms. The standard InChI is InChI=1S/C36H52N2.2C7H7.Pd/c1-5-9-13-15-19-29-21-17-23-31(27-29)35-33(25-11-7-3)34(26-12-8-4)36(38(35)37)32-24-18-22-30(28-32)20-16-14-10-6-2;2*1-7-5-3-2-4-6-7;/h17-18,21-24,27-28H,5-16,19-20,25-26H2,1-4H3;2*3-6H,1H3;/q;2*-1;+2. The molecule has 0 aromatic heterocycles. The van der Waals surface area contributed by atoms with Crippen LogP contribution >= 0.6 is 0 Å². The molecule has 0 radical (unpaired) electrons. The Kier molecular flexibility index (Phi) is 23.5. The van der Waals surface area contributed by atoms with E-state index in [0.29, 0.717) is 0 Å². The number of aryl methyl sites for hydroxylation is 4. The van der Waals surface area contributed by atoms with Crippen LogP contribution in [0.4, 0.5) is 0 Å². The normalized spacial score (nSPS) is 12.2. The summed E-state index contributed by atoms with van der Waals surface area (Å²) in [7, 11) is 0. The maximum absolute atomic E-state index is 11.9. The van der Waals surface area contributed by atoms with E-state index in [-0.39, 0.29) is 20.4 Å². The Morgan fingerprint density at radius 1 is 0.472 bits per heavy atom.